The predicted molar refractivity (Wildman–Crippen MR) is 104 cm³/mol. The minimum absolute atomic E-state index is 0. The van der Waals surface area contributed by atoms with Gasteiger partial charge in [-0.3, -0.25) is 4.99 Å². The van der Waals surface area contributed by atoms with Gasteiger partial charge in [-0.2, -0.15) is 11.8 Å². The fourth-order valence-corrected chi connectivity index (χ4v) is 2.07. The van der Waals surface area contributed by atoms with Crippen LogP contribution in [0.1, 0.15) is 5.69 Å². The number of oxazole rings is 1. The van der Waals surface area contributed by atoms with Crippen LogP contribution in [0.3, 0.4) is 0 Å². The van der Waals surface area contributed by atoms with Crippen LogP contribution in [0.2, 0.25) is 0 Å². The van der Waals surface area contributed by atoms with Gasteiger partial charge in [0.2, 0.25) is 5.89 Å². The van der Waals surface area contributed by atoms with Crippen LogP contribution < -0.4 is 10.6 Å². The Hall–Kier alpha value is -1.22. The molecule has 0 saturated carbocycles. The van der Waals surface area contributed by atoms with E-state index in [1.165, 1.54) is 0 Å². The first-order chi connectivity index (χ1) is 10.3. The van der Waals surface area contributed by atoms with E-state index < -0.39 is 0 Å². The van der Waals surface area contributed by atoms with Crippen LogP contribution in [-0.4, -0.2) is 36.5 Å². The molecule has 5 nitrogen and oxygen atoms in total. The summed E-state index contributed by atoms with van der Waals surface area (Å²) >= 11 is 1.80. The lowest BCUT2D eigenvalue weighted by Crippen LogP contribution is -2.38. The average molecular weight is 432 g/mol. The zero-order valence-electron chi connectivity index (χ0n) is 12.7. The molecule has 1 aromatic heterocycles. The van der Waals surface area contributed by atoms with Crippen molar-refractivity contribution in [2.75, 3.05) is 25.6 Å². The zero-order valence-corrected chi connectivity index (χ0v) is 15.9. The molecule has 0 bridgehead atoms. The fourth-order valence-electron chi connectivity index (χ4n) is 1.77. The molecule has 0 spiro atoms. The maximum Gasteiger partial charge on any atom is 0.226 e. The SMILES string of the molecule is CN=C(NCCSC)NCc1coc(-c2ccccc2)n1.I. The van der Waals surface area contributed by atoms with Crippen molar-refractivity contribution in [2.24, 2.45) is 4.99 Å². The maximum atomic E-state index is 5.50. The van der Waals surface area contributed by atoms with Crippen LogP contribution in [0, 0.1) is 0 Å². The molecule has 0 fully saturated rings. The topological polar surface area (TPSA) is 62.5 Å². The summed E-state index contributed by atoms with van der Waals surface area (Å²) in [7, 11) is 1.76. The van der Waals surface area contributed by atoms with Gasteiger partial charge in [0.05, 0.1) is 12.2 Å². The zero-order chi connectivity index (χ0) is 14.9. The molecule has 0 aliphatic heterocycles. The lowest BCUT2D eigenvalue weighted by Gasteiger charge is -2.09. The largest absolute Gasteiger partial charge is 0.444 e. The maximum absolute atomic E-state index is 5.50. The first-order valence-electron chi connectivity index (χ1n) is 6.76. The second-order valence-electron chi connectivity index (χ2n) is 4.36. The number of guanidine groups is 1. The van der Waals surface area contributed by atoms with E-state index in [0.29, 0.717) is 12.4 Å². The molecule has 2 aromatic rings. The number of benzene rings is 1. The molecule has 2 N–H and O–H groups in total. The predicted octanol–water partition coefficient (Wildman–Crippen LogP) is 2.99. The van der Waals surface area contributed by atoms with Crippen molar-refractivity contribution in [3.8, 4) is 11.5 Å². The fraction of sp³-hybridized carbons (Fsp3) is 0.333. The van der Waals surface area contributed by atoms with E-state index in [1.807, 2.05) is 30.3 Å². The lowest BCUT2D eigenvalue weighted by atomic mass is 10.2. The Morgan fingerprint density at radius 1 is 1.27 bits per heavy atom. The summed E-state index contributed by atoms with van der Waals surface area (Å²) in [6.07, 6.45) is 3.75. The van der Waals surface area contributed by atoms with E-state index in [9.17, 15) is 0 Å². The van der Waals surface area contributed by atoms with Crippen LogP contribution in [-0.2, 0) is 6.54 Å². The Balaban J connectivity index is 0.00000242. The van der Waals surface area contributed by atoms with E-state index >= 15 is 0 Å². The van der Waals surface area contributed by atoms with Gasteiger partial charge in [0.15, 0.2) is 5.96 Å². The molecular formula is C15H21IN4OS. The van der Waals surface area contributed by atoms with Crippen molar-refractivity contribution in [3.63, 3.8) is 0 Å². The van der Waals surface area contributed by atoms with E-state index in [4.69, 9.17) is 4.42 Å². The number of rotatable bonds is 6. The van der Waals surface area contributed by atoms with Gasteiger partial charge in [-0.1, -0.05) is 18.2 Å². The quantitative estimate of drug-likeness (QED) is 0.318. The molecule has 0 amide bonds. The molecule has 7 heteroatoms. The van der Waals surface area contributed by atoms with Gasteiger partial charge < -0.3 is 15.1 Å². The molecule has 1 heterocycles. The first kappa shape index (κ1) is 18.8. The van der Waals surface area contributed by atoms with E-state index in [2.05, 4.69) is 26.9 Å². The lowest BCUT2D eigenvalue weighted by molar-refractivity contribution is 0.572. The molecule has 0 atom stereocenters. The van der Waals surface area contributed by atoms with E-state index in [-0.39, 0.29) is 24.0 Å². The summed E-state index contributed by atoms with van der Waals surface area (Å²) in [5.41, 5.74) is 1.83. The van der Waals surface area contributed by atoms with Crippen molar-refractivity contribution < 1.29 is 4.42 Å². The van der Waals surface area contributed by atoms with Gasteiger partial charge in [0.25, 0.3) is 0 Å². The smallest absolute Gasteiger partial charge is 0.226 e. The summed E-state index contributed by atoms with van der Waals surface area (Å²) in [5, 5.41) is 6.46. The number of halogens is 1. The number of thioether (sulfide) groups is 1. The second-order valence-corrected chi connectivity index (χ2v) is 5.34. The van der Waals surface area contributed by atoms with Crippen molar-refractivity contribution in [1.82, 2.24) is 15.6 Å². The van der Waals surface area contributed by atoms with Crippen molar-refractivity contribution in [2.45, 2.75) is 6.54 Å². The second kappa shape index (κ2) is 10.5. The minimum Gasteiger partial charge on any atom is -0.444 e. The van der Waals surface area contributed by atoms with Crippen molar-refractivity contribution in [3.05, 3.63) is 42.3 Å². The third-order valence-electron chi connectivity index (χ3n) is 2.83. The Morgan fingerprint density at radius 2 is 2.05 bits per heavy atom. The number of nitrogens with one attached hydrogen (secondary N) is 2. The average Bonchev–Trinajstić information content (AvgIpc) is 3.00. The monoisotopic (exact) mass is 432 g/mol. The summed E-state index contributed by atoms with van der Waals surface area (Å²) < 4.78 is 5.50. The summed E-state index contributed by atoms with van der Waals surface area (Å²) in [4.78, 5) is 8.63. The molecule has 1 aromatic carbocycles. The number of hydrogen-bond donors (Lipinski definition) is 2. The molecule has 2 rings (SSSR count). The summed E-state index contributed by atoms with van der Waals surface area (Å²) in [5.74, 6) is 2.45. The van der Waals surface area contributed by atoms with Gasteiger partial charge in [0.1, 0.15) is 6.26 Å². The summed E-state index contributed by atoms with van der Waals surface area (Å²) in [6.45, 7) is 1.46. The first-order valence-corrected chi connectivity index (χ1v) is 8.16. The Morgan fingerprint density at radius 3 is 2.73 bits per heavy atom. The van der Waals surface area contributed by atoms with Crippen LogP contribution in [0.25, 0.3) is 11.5 Å². The van der Waals surface area contributed by atoms with Crippen LogP contribution in [0.4, 0.5) is 0 Å². The van der Waals surface area contributed by atoms with E-state index in [1.54, 1.807) is 25.1 Å². The molecule has 0 unspecified atom stereocenters. The third-order valence-corrected chi connectivity index (χ3v) is 3.44. The third kappa shape index (κ3) is 5.88. The van der Waals surface area contributed by atoms with Gasteiger partial charge in [-0.05, 0) is 18.4 Å². The molecule has 22 heavy (non-hydrogen) atoms. The highest BCUT2D eigenvalue weighted by Crippen LogP contribution is 2.17. The normalized spacial score (nSPS) is 10.9. The van der Waals surface area contributed by atoms with Crippen LogP contribution in [0.5, 0.6) is 0 Å². The molecular weight excluding hydrogens is 411 g/mol. The standard InChI is InChI=1S/C15H20N4OS.HI/c1-16-15(17-8-9-21-2)18-10-13-11-20-14(19-13)12-6-4-3-5-7-12;/h3-7,11H,8-10H2,1-2H3,(H2,16,17,18);1H. The Kier molecular flexibility index (Phi) is 8.98. The highest BCUT2D eigenvalue weighted by molar-refractivity contribution is 14.0. The van der Waals surface area contributed by atoms with Crippen molar-refractivity contribution >= 4 is 41.7 Å². The van der Waals surface area contributed by atoms with Gasteiger partial charge >= 0.3 is 0 Å². The molecule has 0 radical (unpaired) electrons. The van der Waals surface area contributed by atoms with Crippen LogP contribution in [0.15, 0.2) is 46.0 Å². The highest BCUT2D eigenvalue weighted by atomic mass is 127. The Labute approximate surface area is 152 Å². The van der Waals surface area contributed by atoms with Gasteiger partial charge in [0, 0.05) is 24.9 Å². The number of hydrogen-bond acceptors (Lipinski definition) is 4. The molecule has 0 aliphatic carbocycles. The molecule has 120 valence electrons. The summed E-state index contributed by atoms with van der Waals surface area (Å²) in [6, 6.07) is 9.86. The Bertz CT molecular complexity index is 574. The van der Waals surface area contributed by atoms with Crippen LogP contribution >= 0.6 is 35.7 Å². The molecule has 0 aliphatic rings. The number of aliphatic imine (C=N–C) groups is 1. The minimum atomic E-state index is 0. The molecule has 0 saturated heterocycles. The van der Waals surface area contributed by atoms with Gasteiger partial charge in [-0.15, -0.1) is 24.0 Å². The van der Waals surface area contributed by atoms with E-state index in [0.717, 1.165) is 29.5 Å². The van der Waals surface area contributed by atoms with Gasteiger partial charge in [-0.25, -0.2) is 4.98 Å². The van der Waals surface area contributed by atoms with Crippen molar-refractivity contribution in [1.29, 1.82) is 0 Å². The number of aromatic nitrogens is 1. The highest BCUT2D eigenvalue weighted by Gasteiger charge is 2.06. The number of nitrogens with zero attached hydrogens (tertiary/aromatic N) is 2.